The molecule has 0 saturated heterocycles. The van der Waals surface area contributed by atoms with E-state index >= 15 is 0 Å². The van der Waals surface area contributed by atoms with Gasteiger partial charge in [0.15, 0.2) is 5.78 Å². The fraction of sp³-hybridized carbons (Fsp3) is 0.368. The standard InChI is InChI=1S/C19H22N6O2/c1-19(2)8-13-16(14(26)9-19)17(12-6-4-3-5-7-12)25-18(21-11-22-25)24(13)10-15(27)23-20/h3-7,11,17H,8-10,20H2,1-2H3,(H,23,27). The Labute approximate surface area is 157 Å². The van der Waals surface area contributed by atoms with E-state index in [-0.39, 0.29) is 29.7 Å². The van der Waals surface area contributed by atoms with Crippen LogP contribution in [0.25, 0.3) is 0 Å². The van der Waals surface area contributed by atoms with Gasteiger partial charge >= 0.3 is 0 Å². The number of nitrogens with one attached hydrogen (secondary N) is 1. The van der Waals surface area contributed by atoms with Crippen LogP contribution in [0.3, 0.4) is 0 Å². The number of hydrazine groups is 1. The highest BCUT2D eigenvalue weighted by molar-refractivity contribution is 6.00. The lowest BCUT2D eigenvalue weighted by atomic mass is 9.72. The molecular formula is C19H22N6O2. The van der Waals surface area contributed by atoms with Crippen molar-refractivity contribution < 1.29 is 9.59 Å². The molecule has 8 nitrogen and oxygen atoms in total. The third kappa shape index (κ3) is 2.91. The molecule has 140 valence electrons. The van der Waals surface area contributed by atoms with Crippen molar-refractivity contribution in [3.05, 3.63) is 53.5 Å². The van der Waals surface area contributed by atoms with Gasteiger partial charge in [-0.3, -0.25) is 15.0 Å². The molecule has 4 rings (SSSR count). The van der Waals surface area contributed by atoms with Crippen LogP contribution >= 0.6 is 0 Å². The van der Waals surface area contributed by atoms with Gasteiger partial charge in [-0.05, 0) is 17.4 Å². The summed E-state index contributed by atoms with van der Waals surface area (Å²) in [6.45, 7) is 4.11. The molecule has 0 saturated carbocycles. The molecule has 0 spiro atoms. The Hall–Kier alpha value is -3.00. The second-order valence-corrected chi connectivity index (χ2v) is 7.77. The summed E-state index contributed by atoms with van der Waals surface area (Å²) >= 11 is 0. The van der Waals surface area contributed by atoms with Crippen molar-refractivity contribution in [2.24, 2.45) is 11.3 Å². The monoisotopic (exact) mass is 366 g/mol. The fourth-order valence-corrected chi connectivity index (χ4v) is 4.01. The Morgan fingerprint density at radius 2 is 2.04 bits per heavy atom. The maximum absolute atomic E-state index is 13.2. The van der Waals surface area contributed by atoms with Crippen molar-refractivity contribution in [2.45, 2.75) is 32.7 Å². The molecule has 2 aromatic rings. The SMILES string of the molecule is CC1(C)CC(=O)C2=C(C1)N(CC(=O)NN)c1ncnn1C2c1ccccc1. The van der Waals surface area contributed by atoms with Gasteiger partial charge in [0.2, 0.25) is 5.95 Å². The maximum Gasteiger partial charge on any atom is 0.253 e. The number of carbonyl (C=O) groups excluding carboxylic acids is 2. The van der Waals surface area contributed by atoms with E-state index in [2.05, 4.69) is 29.4 Å². The lowest BCUT2D eigenvalue weighted by molar-refractivity contribution is -0.120. The minimum atomic E-state index is -0.356. The Bertz CT molecular complexity index is 931. The van der Waals surface area contributed by atoms with Crippen LogP contribution in [-0.4, -0.2) is 33.0 Å². The van der Waals surface area contributed by atoms with E-state index in [4.69, 9.17) is 5.84 Å². The quantitative estimate of drug-likeness (QED) is 0.482. The first-order valence-electron chi connectivity index (χ1n) is 8.89. The molecule has 2 heterocycles. The molecule has 1 unspecified atom stereocenters. The highest BCUT2D eigenvalue weighted by atomic mass is 16.2. The lowest BCUT2D eigenvalue weighted by Gasteiger charge is -2.42. The number of allylic oxidation sites excluding steroid dienone is 2. The molecule has 1 atom stereocenters. The molecule has 3 N–H and O–H groups in total. The van der Waals surface area contributed by atoms with Crippen LogP contribution in [0.15, 0.2) is 47.9 Å². The third-order valence-corrected chi connectivity index (χ3v) is 5.11. The van der Waals surface area contributed by atoms with Gasteiger partial charge in [-0.1, -0.05) is 44.2 Å². The molecule has 0 fully saturated rings. The number of anilines is 1. The molecular weight excluding hydrogens is 344 g/mol. The molecule has 27 heavy (non-hydrogen) atoms. The minimum Gasteiger partial charge on any atom is -0.305 e. The van der Waals surface area contributed by atoms with Crippen molar-refractivity contribution >= 4 is 17.6 Å². The summed E-state index contributed by atoms with van der Waals surface area (Å²) in [6.07, 6.45) is 2.57. The molecule has 8 heteroatoms. The number of hydrogen-bond acceptors (Lipinski definition) is 6. The smallest absolute Gasteiger partial charge is 0.253 e. The van der Waals surface area contributed by atoms with Crippen LogP contribution in [0.5, 0.6) is 0 Å². The van der Waals surface area contributed by atoms with Crippen LogP contribution in [-0.2, 0) is 9.59 Å². The third-order valence-electron chi connectivity index (χ3n) is 5.11. The summed E-state index contributed by atoms with van der Waals surface area (Å²) in [5.41, 5.74) is 4.44. The largest absolute Gasteiger partial charge is 0.305 e. The van der Waals surface area contributed by atoms with E-state index in [1.165, 1.54) is 6.33 Å². The number of aromatic nitrogens is 3. The van der Waals surface area contributed by atoms with Crippen molar-refractivity contribution in [3.8, 4) is 0 Å². The minimum absolute atomic E-state index is 0.0150. The number of ketones is 1. The van der Waals surface area contributed by atoms with Gasteiger partial charge in [-0.15, -0.1) is 0 Å². The van der Waals surface area contributed by atoms with E-state index in [0.29, 0.717) is 24.4 Å². The van der Waals surface area contributed by atoms with Crippen molar-refractivity contribution in [1.29, 1.82) is 0 Å². The van der Waals surface area contributed by atoms with E-state index in [9.17, 15) is 9.59 Å². The van der Waals surface area contributed by atoms with E-state index in [1.807, 2.05) is 30.3 Å². The number of Topliss-reactive ketones (excluding diaryl/α,β-unsaturated/α-hetero) is 1. The highest BCUT2D eigenvalue weighted by Crippen LogP contribution is 2.47. The van der Waals surface area contributed by atoms with Gasteiger partial charge in [-0.2, -0.15) is 10.1 Å². The number of carbonyl (C=O) groups is 2. The molecule has 1 amide bonds. The molecule has 1 aliphatic heterocycles. The van der Waals surface area contributed by atoms with Gasteiger partial charge in [-0.25, -0.2) is 10.5 Å². The van der Waals surface area contributed by atoms with Crippen LogP contribution in [0.4, 0.5) is 5.95 Å². The number of hydrogen-bond donors (Lipinski definition) is 2. The second-order valence-electron chi connectivity index (χ2n) is 7.77. The maximum atomic E-state index is 13.2. The first-order valence-corrected chi connectivity index (χ1v) is 8.89. The number of nitrogens with zero attached hydrogens (tertiary/aromatic N) is 4. The molecule has 0 radical (unpaired) electrons. The fourth-order valence-electron chi connectivity index (χ4n) is 4.01. The summed E-state index contributed by atoms with van der Waals surface area (Å²) in [5, 5.41) is 4.37. The van der Waals surface area contributed by atoms with Crippen molar-refractivity contribution in [2.75, 3.05) is 11.4 Å². The highest BCUT2D eigenvalue weighted by Gasteiger charge is 2.44. The van der Waals surface area contributed by atoms with Gasteiger partial charge in [0, 0.05) is 17.7 Å². The molecule has 1 aromatic carbocycles. The Morgan fingerprint density at radius 1 is 1.30 bits per heavy atom. The zero-order valence-electron chi connectivity index (χ0n) is 15.3. The predicted octanol–water partition coefficient (Wildman–Crippen LogP) is 1.32. The average molecular weight is 366 g/mol. The summed E-state index contributed by atoms with van der Waals surface area (Å²) in [6, 6.07) is 9.44. The predicted molar refractivity (Wildman–Crippen MR) is 99.3 cm³/mol. The normalized spacial score (nSPS) is 20.9. The first-order chi connectivity index (χ1) is 12.9. The first kappa shape index (κ1) is 17.4. The summed E-state index contributed by atoms with van der Waals surface area (Å²) in [4.78, 5) is 31.4. The van der Waals surface area contributed by atoms with Crippen LogP contribution in [0.1, 0.15) is 38.3 Å². The number of rotatable bonds is 3. The zero-order chi connectivity index (χ0) is 19.2. The average Bonchev–Trinajstić information content (AvgIpc) is 3.11. The number of fused-ring (bicyclic) bond motifs is 1. The van der Waals surface area contributed by atoms with E-state index in [0.717, 1.165) is 11.3 Å². The van der Waals surface area contributed by atoms with Gasteiger partial charge in [0.05, 0.1) is 0 Å². The summed E-state index contributed by atoms with van der Waals surface area (Å²) < 4.78 is 1.72. The Balaban J connectivity index is 1.93. The molecule has 0 bridgehead atoms. The lowest BCUT2D eigenvalue weighted by Crippen LogP contribution is -2.47. The molecule has 2 aliphatic rings. The van der Waals surface area contributed by atoms with E-state index in [1.54, 1.807) is 9.58 Å². The number of amides is 1. The van der Waals surface area contributed by atoms with E-state index < -0.39 is 0 Å². The van der Waals surface area contributed by atoms with Crippen molar-refractivity contribution in [1.82, 2.24) is 20.2 Å². The Morgan fingerprint density at radius 3 is 2.74 bits per heavy atom. The second kappa shape index (κ2) is 6.31. The van der Waals surface area contributed by atoms with Crippen LogP contribution in [0, 0.1) is 5.41 Å². The van der Waals surface area contributed by atoms with Crippen molar-refractivity contribution in [3.63, 3.8) is 0 Å². The topological polar surface area (TPSA) is 106 Å². The van der Waals surface area contributed by atoms with Gasteiger partial charge in [0.1, 0.15) is 18.9 Å². The molecule has 1 aliphatic carbocycles. The summed E-state index contributed by atoms with van der Waals surface area (Å²) in [7, 11) is 0. The zero-order valence-corrected chi connectivity index (χ0v) is 15.3. The number of nitrogens with two attached hydrogens (primary N) is 1. The van der Waals surface area contributed by atoms with Gasteiger partial charge < -0.3 is 4.90 Å². The molecule has 1 aromatic heterocycles. The van der Waals surface area contributed by atoms with Crippen LogP contribution in [0.2, 0.25) is 0 Å². The Kier molecular flexibility index (Phi) is 4.07. The number of benzene rings is 1. The van der Waals surface area contributed by atoms with Crippen LogP contribution < -0.4 is 16.2 Å². The summed E-state index contributed by atoms with van der Waals surface area (Å²) in [5.74, 6) is 5.56. The van der Waals surface area contributed by atoms with Gasteiger partial charge in [0.25, 0.3) is 5.91 Å².